The zero-order valence-corrected chi connectivity index (χ0v) is 17.8. The Bertz CT molecular complexity index is 1020. The second kappa shape index (κ2) is 9.54. The van der Waals surface area contributed by atoms with Crippen molar-refractivity contribution in [3.05, 3.63) is 94.5 Å². The van der Waals surface area contributed by atoms with Crippen LogP contribution < -0.4 is 16.0 Å². The van der Waals surface area contributed by atoms with Gasteiger partial charge in [0, 0.05) is 22.0 Å². The van der Waals surface area contributed by atoms with Crippen LogP contribution in [-0.2, 0) is 0 Å². The summed E-state index contributed by atoms with van der Waals surface area (Å²) in [6.45, 7) is 3.96. The number of benzene rings is 3. The van der Waals surface area contributed by atoms with Gasteiger partial charge in [-0.15, -0.1) is 0 Å². The fraction of sp³-hybridized carbons (Fsp3) is 0.130. The van der Waals surface area contributed by atoms with E-state index >= 15 is 0 Å². The first kappa shape index (κ1) is 20.8. The maximum Gasteiger partial charge on any atom is 0.255 e. The topological polar surface area (TPSA) is 53.2 Å². The van der Waals surface area contributed by atoms with Gasteiger partial charge in [-0.25, -0.2) is 0 Å². The molecule has 0 aliphatic rings. The highest BCUT2D eigenvalue weighted by Gasteiger charge is 2.10. The first-order valence-corrected chi connectivity index (χ1v) is 10.0. The van der Waals surface area contributed by atoms with E-state index in [9.17, 15) is 4.79 Å². The molecule has 1 atom stereocenters. The molecule has 3 N–H and O–H groups in total. The minimum absolute atomic E-state index is 0.0514. The molecule has 29 heavy (non-hydrogen) atoms. The molecule has 0 radical (unpaired) electrons. The van der Waals surface area contributed by atoms with E-state index in [-0.39, 0.29) is 11.9 Å². The van der Waals surface area contributed by atoms with Crippen LogP contribution >= 0.6 is 23.8 Å². The van der Waals surface area contributed by atoms with Gasteiger partial charge in [0.25, 0.3) is 5.91 Å². The van der Waals surface area contributed by atoms with Crippen LogP contribution in [0.3, 0.4) is 0 Å². The van der Waals surface area contributed by atoms with Crippen molar-refractivity contribution in [3.8, 4) is 0 Å². The van der Waals surface area contributed by atoms with Gasteiger partial charge in [-0.3, -0.25) is 4.79 Å². The number of amides is 1. The number of aryl methyl sites for hydroxylation is 1. The first-order valence-electron chi connectivity index (χ1n) is 9.22. The molecular weight excluding hydrogens is 402 g/mol. The number of carbonyl (C=O) groups excluding carboxylic acids is 1. The number of nitrogens with one attached hydrogen (secondary N) is 3. The zero-order valence-electron chi connectivity index (χ0n) is 16.2. The van der Waals surface area contributed by atoms with Crippen LogP contribution in [0.1, 0.15) is 34.5 Å². The molecule has 3 rings (SSSR count). The number of carbonyl (C=O) groups is 1. The summed E-state index contributed by atoms with van der Waals surface area (Å²) in [5, 5.41) is 10.5. The lowest BCUT2D eigenvalue weighted by Gasteiger charge is -2.18. The van der Waals surface area contributed by atoms with E-state index in [1.807, 2.05) is 74.5 Å². The van der Waals surface area contributed by atoms with Crippen LogP contribution in [0.25, 0.3) is 0 Å². The molecule has 148 valence electrons. The zero-order chi connectivity index (χ0) is 20.8. The SMILES string of the molecule is Cc1ccc(NC(=S)NC(C)c2cccc(NC(=O)c3ccccc3)c2)cc1Cl. The summed E-state index contributed by atoms with van der Waals surface area (Å²) in [5.41, 5.74) is 4.19. The maximum atomic E-state index is 12.4. The largest absolute Gasteiger partial charge is 0.356 e. The van der Waals surface area contributed by atoms with E-state index in [1.165, 1.54) is 0 Å². The Labute approximate surface area is 181 Å². The average Bonchev–Trinajstić information content (AvgIpc) is 2.71. The predicted molar refractivity (Wildman–Crippen MR) is 125 cm³/mol. The van der Waals surface area contributed by atoms with Gasteiger partial charge in [0.1, 0.15) is 0 Å². The smallest absolute Gasteiger partial charge is 0.255 e. The van der Waals surface area contributed by atoms with Crippen molar-refractivity contribution < 1.29 is 4.79 Å². The minimum atomic E-state index is -0.142. The highest BCUT2D eigenvalue weighted by molar-refractivity contribution is 7.80. The van der Waals surface area contributed by atoms with Gasteiger partial charge in [-0.1, -0.05) is 48.0 Å². The molecule has 3 aromatic rings. The summed E-state index contributed by atoms with van der Waals surface area (Å²) >= 11 is 11.6. The molecule has 1 amide bonds. The normalized spacial score (nSPS) is 11.4. The molecule has 0 aliphatic carbocycles. The van der Waals surface area contributed by atoms with Crippen molar-refractivity contribution in [2.24, 2.45) is 0 Å². The standard InChI is InChI=1S/C23H22ClN3OS/c1-15-11-12-20(14-21(15)24)27-23(29)25-16(2)18-9-6-10-19(13-18)26-22(28)17-7-4-3-5-8-17/h3-14,16H,1-2H3,(H,26,28)(H2,25,27,29). The van der Waals surface area contributed by atoms with E-state index in [0.29, 0.717) is 15.7 Å². The van der Waals surface area contributed by atoms with Crippen molar-refractivity contribution in [2.45, 2.75) is 19.9 Å². The van der Waals surface area contributed by atoms with Crippen LogP contribution in [-0.4, -0.2) is 11.0 Å². The summed E-state index contributed by atoms with van der Waals surface area (Å²) < 4.78 is 0. The molecular formula is C23H22ClN3OS. The molecule has 0 bridgehead atoms. The van der Waals surface area contributed by atoms with Crippen molar-refractivity contribution in [3.63, 3.8) is 0 Å². The summed E-state index contributed by atoms with van der Waals surface area (Å²) in [6, 6.07) is 22.5. The van der Waals surface area contributed by atoms with Gasteiger partial charge in [-0.05, 0) is 73.6 Å². The highest BCUT2D eigenvalue weighted by Crippen LogP contribution is 2.21. The third kappa shape index (κ3) is 5.79. The Kier molecular flexibility index (Phi) is 6.86. The third-order valence-corrected chi connectivity index (χ3v) is 5.08. The predicted octanol–water partition coefficient (Wildman–Crippen LogP) is 5.95. The van der Waals surface area contributed by atoms with Gasteiger partial charge in [-0.2, -0.15) is 0 Å². The molecule has 0 fully saturated rings. The number of halogens is 1. The van der Waals surface area contributed by atoms with Crippen molar-refractivity contribution in [1.82, 2.24) is 5.32 Å². The number of anilines is 2. The second-order valence-corrected chi connectivity index (χ2v) is 7.55. The number of thiocarbonyl (C=S) groups is 1. The molecule has 6 heteroatoms. The van der Waals surface area contributed by atoms with Crippen LogP contribution in [0.4, 0.5) is 11.4 Å². The van der Waals surface area contributed by atoms with Gasteiger partial charge in [0.05, 0.1) is 6.04 Å². The van der Waals surface area contributed by atoms with Gasteiger partial charge >= 0.3 is 0 Å². The third-order valence-electron chi connectivity index (χ3n) is 4.46. The molecule has 0 spiro atoms. The Morgan fingerprint density at radius 3 is 2.38 bits per heavy atom. The number of rotatable bonds is 5. The van der Waals surface area contributed by atoms with Gasteiger partial charge < -0.3 is 16.0 Å². The molecule has 4 nitrogen and oxygen atoms in total. The van der Waals surface area contributed by atoms with E-state index in [4.69, 9.17) is 23.8 Å². The summed E-state index contributed by atoms with van der Waals surface area (Å²) in [5.74, 6) is -0.142. The molecule has 3 aromatic carbocycles. The monoisotopic (exact) mass is 423 g/mol. The molecule has 0 heterocycles. The van der Waals surface area contributed by atoms with Gasteiger partial charge in [0.15, 0.2) is 5.11 Å². The van der Waals surface area contributed by atoms with Crippen LogP contribution in [0.2, 0.25) is 5.02 Å². The minimum Gasteiger partial charge on any atom is -0.356 e. The van der Waals surface area contributed by atoms with Crippen molar-refractivity contribution in [2.75, 3.05) is 10.6 Å². The molecule has 0 aliphatic heterocycles. The van der Waals surface area contributed by atoms with E-state index in [1.54, 1.807) is 12.1 Å². The Hall–Kier alpha value is -2.89. The Morgan fingerprint density at radius 1 is 0.931 bits per heavy atom. The van der Waals surface area contributed by atoms with E-state index < -0.39 is 0 Å². The summed E-state index contributed by atoms with van der Waals surface area (Å²) in [4.78, 5) is 12.4. The average molecular weight is 424 g/mol. The number of hydrogen-bond acceptors (Lipinski definition) is 2. The Morgan fingerprint density at radius 2 is 1.66 bits per heavy atom. The maximum absolute atomic E-state index is 12.4. The lowest BCUT2D eigenvalue weighted by molar-refractivity contribution is 0.102. The quantitative estimate of drug-likeness (QED) is 0.444. The molecule has 0 aromatic heterocycles. The summed E-state index contributed by atoms with van der Waals surface area (Å²) in [7, 11) is 0. The fourth-order valence-corrected chi connectivity index (χ4v) is 3.27. The summed E-state index contributed by atoms with van der Waals surface area (Å²) in [6.07, 6.45) is 0. The van der Waals surface area contributed by atoms with Crippen LogP contribution in [0.5, 0.6) is 0 Å². The van der Waals surface area contributed by atoms with Crippen LogP contribution in [0, 0.1) is 6.92 Å². The highest BCUT2D eigenvalue weighted by atomic mass is 35.5. The van der Waals surface area contributed by atoms with E-state index in [2.05, 4.69) is 16.0 Å². The van der Waals surface area contributed by atoms with Gasteiger partial charge in [0.2, 0.25) is 0 Å². The van der Waals surface area contributed by atoms with Crippen molar-refractivity contribution >= 4 is 46.2 Å². The van der Waals surface area contributed by atoms with Crippen LogP contribution in [0.15, 0.2) is 72.8 Å². The first-order chi connectivity index (χ1) is 13.9. The lowest BCUT2D eigenvalue weighted by atomic mass is 10.1. The molecule has 1 unspecified atom stereocenters. The fourth-order valence-electron chi connectivity index (χ4n) is 2.80. The molecule has 0 saturated heterocycles. The van der Waals surface area contributed by atoms with E-state index in [0.717, 1.165) is 22.5 Å². The number of hydrogen-bond donors (Lipinski definition) is 3. The molecule has 0 saturated carbocycles. The lowest BCUT2D eigenvalue weighted by Crippen LogP contribution is -2.31. The second-order valence-electron chi connectivity index (χ2n) is 6.73. The van der Waals surface area contributed by atoms with Crippen molar-refractivity contribution in [1.29, 1.82) is 0 Å². The Balaban J connectivity index is 1.62.